The number of rotatable bonds is 5. The first-order valence-corrected chi connectivity index (χ1v) is 8.40. The van der Waals surface area contributed by atoms with Gasteiger partial charge in [-0.2, -0.15) is 5.10 Å². The van der Waals surface area contributed by atoms with E-state index in [-0.39, 0.29) is 22.4 Å². The molecule has 0 saturated carbocycles. The van der Waals surface area contributed by atoms with Gasteiger partial charge in [-0.25, -0.2) is 10.1 Å². The minimum Gasteiger partial charge on any atom is -0.295 e. The standard InChI is InChI=1S/C18H14ClN5O4/c1-11-16(18(26)23(22-11)14-8-4-13(19)5-9-14)10-20-21-17(25)12-2-6-15(7-3-12)24(27)28/h2-10,22H,1H3,(H,21,25)/b20-10+. The number of halogens is 1. The number of hydrazone groups is 1. The monoisotopic (exact) mass is 399 g/mol. The van der Waals surface area contributed by atoms with Crippen LogP contribution in [0.2, 0.25) is 5.02 Å². The number of carbonyl (C=O) groups is 1. The van der Waals surface area contributed by atoms with Crippen molar-refractivity contribution < 1.29 is 9.72 Å². The number of hydrogen-bond acceptors (Lipinski definition) is 5. The number of carbonyl (C=O) groups excluding carboxylic acids is 1. The van der Waals surface area contributed by atoms with Crippen molar-refractivity contribution in [1.82, 2.24) is 15.2 Å². The fraction of sp³-hybridized carbons (Fsp3) is 0.0556. The van der Waals surface area contributed by atoms with E-state index in [1.165, 1.54) is 35.2 Å². The average molecular weight is 400 g/mol. The van der Waals surface area contributed by atoms with Gasteiger partial charge in [-0.1, -0.05) is 11.6 Å². The number of hydrogen-bond donors (Lipinski definition) is 2. The molecule has 28 heavy (non-hydrogen) atoms. The predicted octanol–water partition coefficient (Wildman–Crippen LogP) is 2.80. The molecule has 0 aliphatic carbocycles. The maximum absolute atomic E-state index is 12.6. The third-order valence-corrected chi connectivity index (χ3v) is 4.15. The van der Waals surface area contributed by atoms with E-state index in [0.29, 0.717) is 16.4 Å². The van der Waals surface area contributed by atoms with Crippen molar-refractivity contribution in [1.29, 1.82) is 0 Å². The molecule has 3 rings (SSSR count). The van der Waals surface area contributed by atoms with E-state index >= 15 is 0 Å². The summed E-state index contributed by atoms with van der Waals surface area (Å²) < 4.78 is 1.34. The van der Waals surface area contributed by atoms with Gasteiger partial charge in [-0.3, -0.25) is 24.8 Å². The van der Waals surface area contributed by atoms with Crippen molar-refractivity contribution in [3.63, 3.8) is 0 Å². The number of nitro groups is 1. The van der Waals surface area contributed by atoms with Crippen molar-refractivity contribution in [2.45, 2.75) is 6.92 Å². The number of aromatic amines is 1. The highest BCUT2D eigenvalue weighted by molar-refractivity contribution is 6.30. The molecule has 142 valence electrons. The summed E-state index contributed by atoms with van der Waals surface area (Å²) in [5.74, 6) is -0.558. The number of nitrogens with zero attached hydrogens (tertiary/aromatic N) is 3. The number of H-pyrrole nitrogens is 1. The molecule has 0 radical (unpaired) electrons. The summed E-state index contributed by atoms with van der Waals surface area (Å²) in [5.41, 5.74) is 3.47. The quantitative estimate of drug-likeness (QED) is 0.389. The van der Waals surface area contributed by atoms with Crippen LogP contribution in [0.1, 0.15) is 21.6 Å². The van der Waals surface area contributed by atoms with Crippen LogP contribution in [0.25, 0.3) is 5.69 Å². The largest absolute Gasteiger partial charge is 0.295 e. The van der Waals surface area contributed by atoms with Gasteiger partial charge >= 0.3 is 0 Å². The Balaban J connectivity index is 1.75. The molecule has 0 atom stereocenters. The third-order valence-electron chi connectivity index (χ3n) is 3.90. The van der Waals surface area contributed by atoms with Gasteiger partial charge in [-0.05, 0) is 43.3 Å². The lowest BCUT2D eigenvalue weighted by molar-refractivity contribution is -0.384. The second-order valence-corrected chi connectivity index (χ2v) is 6.21. The predicted molar refractivity (Wildman–Crippen MR) is 104 cm³/mol. The Labute approximate surface area is 163 Å². The molecule has 1 aromatic heterocycles. The first-order chi connectivity index (χ1) is 13.4. The lowest BCUT2D eigenvalue weighted by Crippen LogP contribution is -2.20. The zero-order valence-corrected chi connectivity index (χ0v) is 15.3. The molecule has 2 N–H and O–H groups in total. The number of aromatic nitrogens is 2. The molecule has 10 heteroatoms. The molecular weight excluding hydrogens is 386 g/mol. The van der Waals surface area contributed by atoms with E-state index < -0.39 is 10.8 Å². The second-order valence-electron chi connectivity index (χ2n) is 5.77. The van der Waals surface area contributed by atoms with E-state index in [1.807, 2.05) is 0 Å². The van der Waals surface area contributed by atoms with Crippen molar-refractivity contribution in [2.24, 2.45) is 5.10 Å². The van der Waals surface area contributed by atoms with Crippen LogP contribution in [0.4, 0.5) is 5.69 Å². The normalized spacial score (nSPS) is 10.9. The van der Waals surface area contributed by atoms with Gasteiger partial charge in [0, 0.05) is 28.4 Å². The topological polar surface area (TPSA) is 122 Å². The Morgan fingerprint density at radius 2 is 1.86 bits per heavy atom. The molecule has 1 amide bonds. The minimum atomic E-state index is -0.558. The molecule has 0 fully saturated rings. The van der Waals surface area contributed by atoms with Crippen molar-refractivity contribution in [3.05, 3.63) is 90.8 Å². The Hall–Kier alpha value is -3.72. The zero-order valence-electron chi connectivity index (χ0n) is 14.5. The first kappa shape index (κ1) is 19.1. The van der Waals surface area contributed by atoms with Gasteiger partial charge in [0.25, 0.3) is 17.2 Å². The van der Waals surface area contributed by atoms with E-state index in [2.05, 4.69) is 15.6 Å². The Kier molecular flexibility index (Phi) is 5.37. The zero-order chi connectivity index (χ0) is 20.3. The van der Waals surface area contributed by atoms with Gasteiger partial charge in [-0.15, -0.1) is 0 Å². The Bertz CT molecular complexity index is 1110. The van der Waals surface area contributed by atoms with Crippen molar-refractivity contribution >= 4 is 29.4 Å². The van der Waals surface area contributed by atoms with E-state index in [4.69, 9.17) is 11.6 Å². The van der Waals surface area contributed by atoms with Crippen molar-refractivity contribution in [2.75, 3.05) is 0 Å². The van der Waals surface area contributed by atoms with Crippen LogP contribution in [-0.2, 0) is 0 Å². The summed E-state index contributed by atoms with van der Waals surface area (Å²) in [7, 11) is 0. The molecule has 0 aliphatic heterocycles. The summed E-state index contributed by atoms with van der Waals surface area (Å²) in [6, 6.07) is 11.8. The number of non-ortho nitro benzene ring substituents is 1. The number of aryl methyl sites for hydroxylation is 1. The number of amides is 1. The van der Waals surface area contributed by atoms with Crippen LogP contribution in [0.15, 0.2) is 58.4 Å². The van der Waals surface area contributed by atoms with Crippen LogP contribution in [0.5, 0.6) is 0 Å². The molecule has 0 unspecified atom stereocenters. The molecule has 0 saturated heterocycles. The lowest BCUT2D eigenvalue weighted by Gasteiger charge is -2.00. The highest BCUT2D eigenvalue weighted by Gasteiger charge is 2.12. The minimum absolute atomic E-state index is 0.120. The summed E-state index contributed by atoms with van der Waals surface area (Å²) in [6.07, 6.45) is 1.24. The first-order valence-electron chi connectivity index (χ1n) is 8.02. The average Bonchev–Trinajstić information content (AvgIpc) is 2.96. The maximum atomic E-state index is 12.6. The second kappa shape index (κ2) is 7.89. The van der Waals surface area contributed by atoms with E-state index in [9.17, 15) is 19.7 Å². The summed E-state index contributed by atoms with van der Waals surface area (Å²) in [6.45, 7) is 1.70. The number of nitro benzene ring substituents is 1. The highest BCUT2D eigenvalue weighted by Crippen LogP contribution is 2.13. The highest BCUT2D eigenvalue weighted by atomic mass is 35.5. The van der Waals surface area contributed by atoms with Gasteiger partial charge < -0.3 is 0 Å². The lowest BCUT2D eigenvalue weighted by atomic mass is 10.2. The van der Waals surface area contributed by atoms with E-state index in [0.717, 1.165) is 0 Å². The molecule has 0 spiro atoms. The fourth-order valence-electron chi connectivity index (χ4n) is 2.44. The summed E-state index contributed by atoms with van der Waals surface area (Å²) in [5, 5.41) is 17.9. The van der Waals surface area contributed by atoms with Crippen LogP contribution < -0.4 is 11.0 Å². The van der Waals surface area contributed by atoms with Crippen LogP contribution in [-0.4, -0.2) is 26.8 Å². The molecule has 0 aliphatic rings. The molecule has 0 bridgehead atoms. The Morgan fingerprint density at radius 3 is 2.46 bits per heavy atom. The number of nitrogens with one attached hydrogen (secondary N) is 2. The molecule has 2 aromatic carbocycles. The molecular formula is C18H14ClN5O4. The Morgan fingerprint density at radius 1 is 1.21 bits per heavy atom. The number of benzene rings is 2. The van der Waals surface area contributed by atoms with Gasteiger partial charge in [0.05, 0.1) is 22.4 Å². The van der Waals surface area contributed by atoms with Gasteiger partial charge in [0.2, 0.25) is 0 Å². The summed E-state index contributed by atoms with van der Waals surface area (Å²) in [4.78, 5) is 34.7. The smallest absolute Gasteiger partial charge is 0.280 e. The maximum Gasteiger partial charge on any atom is 0.280 e. The summed E-state index contributed by atoms with van der Waals surface area (Å²) >= 11 is 5.86. The molecule has 1 heterocycles. The van der Waals surface area contributed by atoms with Crippen molar-refractivity contribution in [3.8, 4) is 5.69 Å². The van der Waals surface area contributed by atoms with Gasteiger partial charge in [0.15, 0.2) is 0 Å². The van der Waals surface area contributed by atoms with Crippen LogP contribution in [0.3, 0.4) is 0 Å². The molecule has 9 nitrogen and oxygen atoms in total. The van der Waals surface area contributed by atoms with Gasteiger partial charge in [0.1, 0.15) is 0 Å². The third kappa shape index (κ3) is 3.99. The fourth-order valence-corrected chi connectivity index (χ4v) is 2.56. The SMILES string of the molecule is Cc1[nH]n(-c2ccc(Cl)cc2)c(=O)c1/C=N/NC(=O)c1ccc([N+](=O)[O-])cc1. The molecule has 3 aromatic rings. The van der Waals surface area contributed by atoms with Crippen LogP contribution in [0, 0.1) is 17.0 Å². The van der Waals surface area contributed by atoms with Crippen LogP contribution >= 0.6 is 11.6 Å². The van der Waals surface area contributed by atoms with E-state index in [1.54, 1.807) is 31.2 Å².